The first kappa shape index (κ1) is 17.1. The van der Waals surface area contributed by atoms with E-state index in [9.17, 15) is 5.11 Å². The lowest BCUT2D eigenvalue weighted by atomic mass is 10.1. The van der Waals surface area contributed by atoms with Gasteiger partial charge in [0.05, 0.1) is 25.6 Å². The number of methoxy groups -OCH3 is 2. The van der Waals surface area contributed by atoms with Crippen molar-refractivity contribution in [3.05, 3.63) is 52.6 Å². The highest BCUT2D eigenvalue weighted by atomic mass is 32.1. The molecule has 0 unspecified atom stereocenters. The van der Waals surface area contributed by atoms with Crippen LogP contribution in [-0.4, -0.2) is 23.9 Å². The van der Waals surface area contributed by atoms with E-state index in [0.717, 1.165) is 39.8 Å². The first-order valence-corrected chi connectivity index (χ1v) is 8.78. The van der Waals surface area contributed by atoms with Crippen LogP contribution in [0.2, 0.25) is 0 Å². The van der Waals surface area contributed by atoms with E-state index < -0.39 is 0 Å². The Hall–Kier alpha value is -2.73. The van der Waals surface area contributed by atoms with Crippen molar-refractivity contribution in [1.29, 1.82) is 0 Å². The molecular formula is C19H20N2O3S. The summed E-state index contributed by atoms with van der Waals surface area (Å²) in [5.74, 6) is 1.80. The summed E-state index contributed by atoms with van der Waals surface area (Å²) in [6, 6.07) is 12.6. The molecule has 0 aliphatic heterocycles. The molecule has 0 bridgehead atoms. The largest absolute Gasteiger partial charge is 0.508 e. The van der Waals surface area contributed by atoms with Crippen molar-refractivity contribution in [3.8, 4) is 28.5 Å². The molecule has 1 aromatic heterocycles. The van der Waals surface area contributed by atoms with Crippen LogP contribution < -0.4 is 14.3 Å². The minimum absolute atomic E-state index is 0.232. The van der Waals surface area contributed by atoms with Crippen molar-refractivity contribution in [3.63, 3.8) is 0 Å². The third kappa shape index (κ3) is 3.53. The number of rotatable bonds is 5. The van der Waals surface area contributed by atoms with Crippen molar-refractivity contribution in [2.45, 2.75) is 13.5 Å². The maximum absolute atomic E-state index is 9.41. The molecule has 0 aliphatic carbocycles. The topological polar surface area (TPSA) is 56.0 Å². The van der Waals surface area contributed by atoms with Gasteiger partial charge in [0, 0.05) is 17.5 Å². The van der Waals surface area contributed by atoms with Gasteiger partial charge >= 0.3 is 0 Å². The van der Waals surface area contributed by atoms with Gasteiger partial charge in [-0.3, -0.25) is 0 Å². The van der Waals surface area contributed by atoms with Crippen molar-refractivity contribution < 1.29 is 14.6 Å². The van der Waals surface area contributed by atoms with E-state index in [0.29, 0.717) is 0 Å². The Kier molecular flexibility index (Phi) is 5.09. The second-order valence-corrected chi connectivity index (χ2v) is 6.18. The van der Waals surface area contributed by atoms with Gasteiger partial charge in [0.1, 0.15) is 17.2 Å². The van der Waals surface area contributed by atoms with Gasteiger partial charge in [-0.25, -0.2) is 4.99 Å². The number of hydrogen-bond donors (Lipinski definition) is 1. The molecule has 3 rings (SSSR count). The fourth-order valence-electron chi connectivity index (χ4n) is 2.59. The van der Waals surface area contributed by atoms with Crippen LogP contribution in [0.4, 0.5) is 5.69 Å². The molecule has 1 heterocycles. The summed E-state index contributed by atoms with van der Waals surface area (Å²) >= 11 is 1.56. The Morgan fingerprint density at radius 1 is 1.08 bits per heavy atom. The Bertz CT molecular complexity index is 927. The third-order valence-electron chi connectivity index (χ3n) is 3.87. The highest BCUT2D eigenvalue weighted by Crippen LogP contribution is 2.33. The van der Waals surface area contributed by atoms with Crippen LogP contribution in [0.25, 0.3) is 11.3 Å². The van der Waals surface area contributed by atoms with Crippen LogP contribution in [0.15, 0.2) is 52.8 Å². The summed E-state index contributed by atoms with van der Waals surface area (Å²) in [5.41, 5.74) is 2.79. The maximum Gasteiger partial charge on any atom is 0.190 e. The normalized spacial score (nSPS) is 11.6. The van der Waals surface area contributed by atoms with Crippen LogP contribution in [0.1, 0.15) is 6.92 Å². The van der Waals surface area contributed by atoms with Gasteiger partial charge < -0.3 is 19.1 Å². The number of hydrogen-bond acceptors (Lipinski definition) is 5. The zero-order chi connectivity index (χ0) is 17.8. The van der Waals surface area contributed by atoms with E-state index in [4.69, 9.17) is 14.5 Å². The van der Waals surface area contributed by atoms with E-state index >= 15 is 0 Å². The quantitative estimate of drug-likeness (QED) is 0.746. The van der Waals surface area contributed by atoms with Gasteiger partial charge in [0.25, 0.3) is 0 Å². The molecule has 1 N–H and O–H groups in total. The van der Waals surface area contributed by atoms with Gasteiger partial charge in [-0.05, 0) is 49.4 Å². The van der Waals surface area contributed by atoms with Crippen molar-refractivity contribution in [1.82, 2.24) is 4.57 Å². The Balaban J connectivity index is 2.14. The summed E-state index contributed by atoms with van der Waals surface area (Å²) in [6.07, 6.45) is 0. The van der Waals surface area contributed by atoms with Crippen molar-refractivity contribution in [2.24, 2.45) is 4.99 Å². The van der Waals surface area contributed by atoms with E-state index in [1.807, 2.05) is 18.2 Å². The predicted molar refractivity (Wildman–Crippen MR) is 99.9 cm³/mol. The van der Waals surface area contributed by atoms with Gasteiger partial charge in [0.2, 0.25) is 0 Å². The average Bonchev–Trinajstić information content (AvgIpc) is 3.05. The number of phenolic OH excluding ortho intramolecular Hbond substituents is 1. The Morgan fingerprint density at radius 2 is 1.84 bits per heavy atom. The van der Waals surface area contributed by atoms with Gasteiger partial charge in [-0.15, -0.1) is 11.3 Å². The zero-order valence-electron chi connectivity index (χ0n) is 14.4. The number of phenols is 1. The molecule has 0 saturated carbocycles. The highest BCUT2D eigenvalue weighted by Gasteiger charge is 2.13. The lowest BCUT2D eigenvalue weighted by Crippen LogP contribution is -2.14. The lowest BCUT2D eigenvalue weighted by Gasteiger charge is -2.12. The number of thiazole rings is 1. The monoisotopic (exact) mass is 356 g/mol. The number of benzene rings is 2. The molecule has 0 amide bonds. The Labute approximate surface area is 150 Å². The molecule has 0 aliphatic rings. The SMILES string of the molecule is CCn1c(-c2cc(OC)ccc2OC)csc1=Nc1ccc(O)cc1. The van der Waals surface area contributed by atoms with Gasteiger partial charge in [0.15, 0.2) is 4.80 Å². The van der Waals surface area contributed by atoms with Crippen molar-refractivity contribution in [2.75, 3.05) is 14.2 Å². The van der Waals surface area contributed by atoms with Gasteiger partial charge in [-0.2, -0.15) is 0 Å². The second kappa shape index (κ2) is 7.44. The minimum Gasteiger partial charge on any atom is -0.508 e. The van der Waals surface area contributed by atoms with Crippen LogP contribution in [0, 0.1) is 0 Å². The van der Waals surface area contributed by atoms with Crippen LogP contribution in [0.3, 0.4) is 0 Å². The molecule has 25 heavy (non-hydrogen) atoms. The van der Waals surface area contributed by atoms with Crippen LogP contribution >= 0.6 is 11.3 Å². The summed E-state index contributed by atoms with van der Waals surface area (Å²) in [5, 5.41) is 11.5. The molecule has 130 valence electrons. The van der Waals surface area contributed by atoms with Crippen LogP contribution in [-0.2, 0) is 6.54 Å². The smallest absolute Gasteiger partial charge is 0.190 e. The molecule has 0 fully saturated rings. The molecule has 6 heteroatoms. The first-order chi connectivity index (χ1) is 12.2. The Morgan fingerprint density at radius 3 is 2.48 bits per heavy atom. The number of aromatic nitrogens is 1. The molecule has 3 aromatic rings. The number of nitrogens with zero attached hydrogens (tertiary/aromatic N) is 2. The minimum atomic E-state index is 0.232. The lowest BCUT2D eigenvalue weighted by molar-refractivity contribution is 0.404. The summed E-state index contributed by atoms with van der Waals surface area (Å²) in [4.78, 5) is 5.58. The molecule has 0 spiro atoms. The summed E-state index contributed by atoms with van der Waals surface area (Å²) < 4.78 is 13.0. The van der Waals surface area contributed by atoms with E-state index in [1.54, 1.807) is 49.8 Å². The standard InChI is InChI=1S/C19H20N2O3S/c1-4-21-17(16-11-15(23-2)9-10-18(16)24-3)12-25-19(21)20-13-5-7-14(22)8-6-13/h5-12,22H,4H2,1-3H3. The molecule has 0 saturated heterocycles. The maximum atomic E-state index is 9.41. The van der Waals surface area contributed by atoms with E-state index in [1.165, 1.54) is 0 Å². The summed E-state index contributed by atoms with van der Waals surface area (Å²) in [6.45, 7) is 2.86. The van der Waals surface area contributed by atoms with E-state index in [-0.39, 0.29) is 5.75 Å². The van der Waals surface area contributed by atoms with Crippen molar-refractivity contribution >= 4 is 17.0 Å². The predicted octanol–water partition coefficient (Wildman–Crippen LogP) is 4.19. The number of ether oxygens (including phenoxy) is 2. The fraction of sp³-hybridized carbons (Fsp3) is 0.211. The molecule has 5 nitrogen and oxygen atoms in total. The van der Waals surface area contributed by atoms with E-state index in [2.05, 4.69) is 16.9 Å². The zero-order valence-corrected chi connectivity index (χ0v) is 15.2. The average molecular weight is 356 g/mol. The summed E-state index contributed by atoms with van der Waals surface area (Å²) in [7, 11) is 3.31. The molecule has 0 radical (unpaired) electrons. The highest BCUT2D eigenvalue weighted by molar-refractivity contribution is 7.07. The molecule has 0 atom stereocenters. The molecular weight excluding hydrogens is 336 g/mol. The second-order valence-electron chi connectivity index (χ2n) is 5.34. The fourth-order valence-corrected chi connectivity index (χ4v) is 3.58. The third-order valence-corrected chi connectivity index (χ3v) is 4.73. The first-order valence-electron chi connectivity index (χ1n) is 7.90. The number of aromatic hydroxyl groups is 1. The van der Waals surface area contributed by atoms with Crippen LogP contribution in [0.5, 0.6) is 17.2 Å². The molecule has 2 aromatic carbocycles. The van der Waals surface area contributed by atoms with Gasteiger partial charge in [-0.1, -0.05) is 0 Å².